The molecule has 0 radical (unpaired) electrons. The molecule has 1 aliphatic carbocycles. The van der Waals surface area contributed by atoms with E-state index in [4.69, 9.17) is 5.73 Å². The lowest BCUT2D eigenvalue weighted by Gasteiger charge is -2.42. The molecule has 0 atom stereocenters. The predicted molar refractivity (Wildman–Crippen MR) is 98.4 cm³/mol. The van der Waals surface area contributed by atoms with Crippen LogP contribution >= 0.6 is 0 Å². The van der Waals surface area contributed by atoms with Crippen molar-refractivity contribution in [3.05, 3.63) is 65.7 Å². The summed E-state index contributed by atoms with van der Waals surface area (Å²) < 4.78 is 0. The van der Waals surface area contributed by atoms with Crippen LogP contribution in [0.5, 0.6) is 0 Å². The SMILES string of the molecule is NC(=O)c1ccccc1NCC(=O)NCC1(c2ccccc2)CCC1. The summed E-state index contributed by atoms with van der Waals surface area (Å²) >= 11 is 0. The van der Waals surface area contributed by atoms with E-state index in [1.165, 1.54) is 12.0 Å². The van der Waals surface area contributed by atoms with E-state index >= 15 is 0 Å². The fourth-order valence-corrected chi connectivity index (χ4v) is 3.32. The molecule has 0 aromatic heterocycles. The lowest BCUT2D eigenvalue weighted by molar-refractivity contribution is -0.119. The van der Waals surface area contributed by atoms with Crippen molar-refractivity contribution in [3.8, 4) is 0 Å². The van der Waals surface area contributed by atoms with Gasteiger partial charge in [-0.05, 0) is 30.5 Å². The van der Waals surface area contributed by atoms with E-state index in [2.05, 4.69) is 22.8 Å². The Morgan fingerprint density at radius 2 is 1.68 bits per heavy atom. The van der Waals surface area contributed by atoms with Gasteiger partial charge in [-0.25, -0.2) is 0 Å². The summed E-state index contributed by atoms with van der Waals surface area (Å²) in [5.74, 6) is -0.609. The van der Waals surface area contributed by atoms with E-state index in [0.717, 1.165) is 12.8 Å². The van der Waals surface area contributed by atoms with E-state index in [-0.39, 0.29) is 17.9 Å². The summed E-state index contributed by atoms with van der Waals surface area (Å²) in [6.07, 6.45) is 3.37. The maximum absolute atomic E-state index is 12.2. The van der Waals surface area contributed by atoms with Crippen LogP contribution in [0, 0.1) is 0 Å². The van der Waals surface area contributed by atoms with Crippen LogP contribution in [0.4, 0.5) is 5.69 Å². The number of nitrogens with one attached hydrogen (secondary N) is 2. The second kappa shape index (κ2) is 7.38. The lowest BCUT2D eigenvalue weighted by Crippen LogP contribution is -2.46. The van der Waals surface area contributed by atoms with Crippen LogP contribution in [-0.4, -0.2) is 24.9 Å². The Morgan fingerprint density at radius 3 is 2.32 bits per heavy atom. The predicted octanol–water partition coefficient (Wildman–Crippen LogP) is 2.44. The molecule has 2 amide bonds. The topological polar surface area (TPSA) is 84.2 Å². The Hall–Kier alpha value is -2.82. The highest BCUT2D eigenvalue weighted by molar-refractivity contribution is 5.99. The van der Waals surface area contributed by atoms with Crippen LogP contribution in [0.2, 0.25) is 0 Å². The molecule has 0 spiro atoms. The summed E-state index contributed by atoms with van der Waals surface area (Å²) in [4.78, 5) is 23.6. The first kappa shape index (κ1) is 17.0. The zero-order chi connectivity index (χ0) is 17.7. The van der Waals surface area contributed by atoms with Gasteiger partial charge < -0.3 is 16.4 Å². The molecule has 0 bridgehead atoms. The van der Waals surface area contributed by atoms with Crippen molar-refractivity contribution < 1.29 is 9.59 Å². The minimum Gasteiger partial charge on any atom is -0.376 e. The maximum Gasteiger partial charge on any atom is 0.250 e. The first-order valence-electron chi connectivity index (χ1n) is 8.56. The fraction of sp³-hybridized carbons (Fsp3) is 0.300. The molecule has 130 valence electrons. The largest absolute Gasteiger partial charge is 0.376 e. The molecule has 1 fully saturated rings. The standard InChI is InChI=1S/C20H23N3O2/c21-19(25)16-9-4-5-10-17(16)22-13-18(24)23-14-20(11-6-12-20)15-7-2-1-3-8-15/h1-5,7-10,22H,6,11-14H2,(H2,21,25)(H,23,24). The van der Waals surface area contributed by atoms with E-state index < -0.39 is 5.91 Å². The Balaban J connectivity index is 1.56. The van der Waals surface area contributed by atoms with Crippen LogP contribution in [0.15, 0.2) is 54.6 Å². The molecule has 0 heterocycles. The molecular formula is C20H23N3O2. The Labute approximate surface area is 147 Å². The van der Waals surface area contributed by atoms with Gasteiger partial charge in [-0.2, -0.15) is 0 Å². The summed E-state index contributed by atoms with van der Waals surface area (Å²) in [5, 5.41) is 6.02. The number of hydrogen-bond donors (Lipinski definition) is 3. The Morgan fingerprint density at radius 1 is 1.00 bits per heavy atom. The van der Waals surface area contributed by atoms with Gasteiger partial charge in [0.1, 0.15) is 0 Å². The third-order valence-corrected chi connectivity index (χ3v) is 4.95. The zero-order valence-electron chi connectivity index (χ0n) is 14.1. The van der Waals surface area contributed by atoms with Crippen LogP contribution in [0.25, 0.3) is 0 Å². The molecular weight excluding hydrogens is 314 g/mol. The van der Waals surface area contributed by atoms with Crippen LogP contribution < -0.4 is 16.4 Å². The highest BCUT2D eigenvalue weighted by atomic mass is 16.2. The number of anilines is 1. The number of primary amides is 1. The molecule has 5 nitrogen and oxygen atoms in total. The second-order valence-corrected chi connectivity index (χ2v) is 6.54. The van der Waals surface area contributed by atoms with Crippen molar-refractivity contribution in [2.75, 3.05) is 18.4 Å². The van der Waals surface area contributed by atoms with Gasteiger partial charge >= 0.3 is 0 Å². The highest BCUT2D eigenvalue weighted by Gasteiger charge is 2.38. The van der Waals surface area contributed by atoms with E-state index in [9.17, 15) is 9.59 Å². The molecule has 25 heavy (non-hydrogen) atoms. The van der Waals surface area contributed by atoms with Crippen LogP contribution in [0.3, 0.4) is 0 Å². The van der Waals surface area contributed by atoms with Crippen molar-refractivity contribution in [1.82, 2.24) is 5.32 Å². The van der Waals surface area contributed by atoms with Gasteiger partial charge in [-0.15, -0.1) is 0 Å². The van der Waals surface area contributed by atoms with Gasteiger partial charge in [0.25, 0.3) is 5.91 Å². The average molecular weight is 337 g/mol. The summed E-state index contributed by atoms with van der Waals surface area (Å²) in [6.45, 7) is 0.740. The van der Waals surface area contributed by atoms with Gasteiger partial charge in [0.05, 0.1) is 12.1 Å². The molecule has 0 aliphatic heterocycles. The number of rotatable bonds is 7. The number of para-hydroxylation sites is 1. The fourth-order valence-electron chi connectivity index (χ4n) is 3.32. The summed E-state index contributed by atoms with van der Waals surface area (Å²) in [7, 11) is 0. The molecule has 0 saturated heterocycles. The van der Waals surface area contributed by atoms with Crippen LogP contribution in [0.1, 0.15) is 35.2 Å². The first-order valence-corrected chi connectivity index (χ1v) is 8.56. The molecule has 1 aliphatic rings. The molecule has 2 aromatic rings. The molecule has 0 unspecified atom stereocenters. The van der Waals surface area contributed by atoms with Gasteiger partial charge in [-0.3, -0.25) is 9.59 Å². The van der Waals surface area contributed by atoms with Gasteiger partial charge in [-0.1, -0.05) is 48.9 Å². The third-order valence-electron chi connectivity index (χ3n) is 4.95. The number of hydrogen-bond acceptors (Lipinski definition) is 3. The average Bonchev–Trinajstić information content (AvgIpc) is 2.60. The van der Waals surface area contributed by atoms with E-state index in [1.807, 2.05) is 18.2 Å². The number of nitrogens with two attached hydrogens (primary N) is 1. The minimum atomic E-state index is -0.513. The number of carbonyl (C=O) groups excluding carboxylic acids is 2. The highest BCUT2D eigenvalue weighted by Crippen LogP contribution is 2.43. The summed E-state index contributed by atoms with van der Waals surface area (Å²) in [6, 6.07) is 17.3. The van der Waals surface area contributed by atoms with Crippen molar-refractivity contribution >= 4 is 17.5 Å². The van der Waals surface area contributed by atoms with Gasteiger partial charge in [0.2, 0.25) is 5.91 Å². The maximum atomic E-state index is 12.2. The molecule has 2 aromatic carbocycles. The first-order chi connectivity index (χ1) is 12.1. The Bertz CT molecular complexity index is 755. The lowest BCUT2D eigenvalue weighted by atomic mass is 9.64. The smallest absolute Gasteiger partial charge is 0.250 e. The third kappa shape index (κ3) is 3.82. The van der Waals surface area contributed by atoms with Gasteiger partial charge in [0.15, 0.2) is 0 Å². The second-order valence-electron chi connectivity index (χ2n) is 6.54. The Kier molecular flexibility index (Phi) is 5.03. The monoisotopic (exact) mass is 337 g/mol. The van der Waals surface area contributed by atoms with Crippen molar-refractivity contribution in [2.24, 2.45) is 5.73 Å². The van der Waals surface area contributed by atoms with Crippen LogP contribution in [-0.2, 0) is 10.2 Å². The quantitative estimate of drug-likeness (QED) is 0.725. The van der Waals surface area contributed by atoms with Crippen molar-refractivity contribution in [3.63, 3.8) is 0 Å². The summed E-state index contributed by atoms with van der Waals surface area (Å²) in [5.41, 5.74) is 7.65. The van der Waals surface area contributed by atoms with E-state index in [1.54, 1.807) is 24.3 Å². The minimum absolute atomic E-state index is 0.0576. The molecule has 3 rings (SSSR count). The molecule has 1 saturated carbocycles. The number of benzene rings is 2. The molecule has 4 N–H and O–H groups in total. The normalized spacial score (nSPS) is 15.0. The van der Waals surface area contributed by atoms with Crippen molar-refractivity contribution in [2.45, 2.75) is 24.7 Å². The van der Waals surface area contributed by atoms with Gasteiger partial charge in [0, 0.05) is 17.6 Å². The zero-order valence-corrected chi connectivity index (χ0v) is 14.1. The van der Waals surface area contributed by atoms with E-state index in [0.29, 0.717) is 17.8 Å². The van der Waals surface area contributed by atoms with Crippen molar-refractivity contribution in [1.29, 1.82) is 0 Å². The number of amides is 2. The molecule has 5 heteroatoms. The number of carbonyl (C=O) groups is 2.